The van der Waals surface area contributed by atoms with Crippen LogP contribution in [0.15, 0.2) is 12.3 Å². The van der Waals surface area contributed by atoms with Crippen molar-refractivity contribution >= 4 is 5.91 Å². The molecule has 26 heavy (non-hydrogen) atoms. The van der Waals surface area contributed by atoms with Crippen LogP contribution in [0.1, 0.15) is 61.1 Å². The van der Waals surface area contributed by atoms with Gasteiger partial charge in [0.15, 0.2) is 0 Å². The number of rotatable bonds is 3. The number of carbonyl (C=O) groups is 1. The fourth-order valence-electron chi connectivity index (χ4n) is 3.55. The Morgan fingerprint density at radius 2 is 1.73 bits per heavy atom. The van der Waals surface area contributed by atoms with Gasteiger partial charge in [0.05, 0.1) is 11.3 Å². The van der Waals surface area contributed by atoms with E-state index in [0.717, 1.165) is 17.1 Å². The van der Waals surface area contributed by atoms with Gasteiger partial charge in [0.1, 0.15) is 0 Å². The molecular weight excluding hydrogens is 328 g/mol. The van der Waals surface area contributed by atoms with E-state index in [1.54, 1.807) is 10.9 Å². The number of nitrogens with zero attached hydrogens (tertiary/aromatic N) is 5. The van der Waals surface area contributed by atoms with Crippen LogP contribution in [0.4, 0.5) is 0 Å². The van der Waals surface area contributed by atoms with Crippen molar-refractivity contribution in [2.75, 3.05) is 13.1 Å². The minimum Gasteiger partial charge on any atom is -0.335 e. The van der Waals surface area contributed by atoms with Crippen LogP contribution in [-0.4, -0.2) is 55.7 Å². The van der Waals surface area contributed by atoms with Crippen LogP contribution in [0.25, 0.3) is 5.95 Å². The van der Waals surface area contributed by atoms with Crippen molar-refractivity contribution in [2.24, 2.45) is 0 Å². The highest BCUT2D eigenvalue weighted by molar-refractivity contribution is 5.95. The molecule has 0 saturated carbocycles. The summed E-state index contributed by atoms with van der Waals surface area (Å²) in [5.74, 6) is 0.675. The fraction of sp³-hybridized carbons (Fsp3) is 0.579. The first kappa shape index (κ1) is 18.5. The molecule has 0 radical (unpaired) electrons. The maximum absolute atomic E-state index is 13.2. The van der Waals surface area contributed by atoms with E-state index in [1.807, 2.05) is 24.8 Å². The number of hydrogen-bond donors (Lipinski definition) is 1. The number of nitrogens with one attached hydrogen (secondary N) is 1. The van der Waals surface area contributed by atoms with Gasteiger partial charge in [0, 0.05) is 42.8 Å². The van der Waals surface area contributed by atoms with E-state index in [0.29, 0.717) is 24.6 Å². The van der Waals surface area contributed by atoms with Crippen LogP contribution in [0, 0.1) is 13.8 Å². The van der Waals surface area contributed by atoms with Crippen LogP contribution in [0.2, 0.25) is 0 Å². The Morgan fingerprint density at radius 3 is 2.27 bits per heavy atom. The first-order chi connectivity index (χ1) is 12.2. The first-order valence-electron chi connectivity index (χ1n) is 9.22. The molecule has 0 unspecified atom stereocenters. The highest BCUT2D eigenvalue weighted by Gasteiger charge is 2.29. The van der Waals surface area contributed by atoms with Crippen LogP contribution in [-0.2, 0) is 0 Å². The molecule has 2 atom stereocenters. The summed E-state index contributed by atoms with van der Waals surface area (Å²) >= 11 is 0. The van der Waals surface area contributed by atoms with Gasteiger partial charge in [-0.05, 0) is 39.7 Å². The number of hydrogen-bond acceptors (Lipinski definition) is 5. The zero-order valence-corrected chi connectivity index (χ0v) is 16.4. The molecule has 2 aromatic heterocycles. The molecule has 7 nitrogen and oxygen atoms in total. The predicted molar refractivity (Wildman–Crippen MR) is 101 cm³/mol. The molecule has 1 saturated heterocycles. The Labute approximate surface area is 154 Å². The Hall–Kier alpha value is -2.28. The van der Waals surface area contributed by atoms with Gasteiger partial charge >= 0.3 is 0 Å². The molecule has 1 N–H and O–H groups in total. The fourth-order valence-corrected chi connectivity index (χ4v) is 3.55. The van der Waals surface area contributed by atoms with E-state index in [9.17, 15) is 4.79 Å². The van der Waals surface area contributed by atoms with Crippen LogP contribution >= 0.6 is 0 Å². The minimum absolute atomic E-state index is 0.0320. The van der Waals surface area contributed by atoms with Crippen molar-refractivity contribution < 1.29 is 4.79 Å². The number of aryl methyl sites for hydroxylation is 2. The molecule has 1 fully saturated rings. The molecule has 1 amide bonds. The Bertz CT molecular complexity index is 782. The quantitative estimate of drug-likeness (QED) is 0.913. The molecule has 0 aliphatic carbocycles. The summed E-state index contributed by atoms with van der Waals surface area (Å²) in [4.78, 5) is 24.1. The smallest absolute Gasteiger partial charge is 0.257 e. The second-order valence-corrected chi connectivity index (χ2v) is 7.66. The van der Waals surface area contributed by atoms with Gasteiger partial charge < -0.3 is 10.2 Å². The molecule has 3 rings (SSSR count). The maximum Gasteiger partial charge on any atom is 0.257 e. The summed E-state index contributed by atoms with van der Waals surface area (Å²) in [5, 5.41) is 8.11. The lowest BCUT2D eigenvalue weighted by Gasteiger charge is -2.36. The second kappa shape index (κ2) is 7.15. The molecule has 1 aliphatic heterocycles. The lowest BCUT2D eigenvalue weighted by Crippen LogP contribution is -2.55. The Kier molecular flexibility index (Phi) is 5.09. The topological polar surface area (TPSA) is 75.9 Å². The summed E-state index contributed by atoms with van der Waals surface area (Å²) in [5.41, 5.74) is 3.19. The monoisotopic (exact) mass is 356 g/mol. The summed E-state index contributed by atoms with van der Waals surface area (Å²) in [7, 11) is 0. The highest BCUT2D eigenvalue weighted by atomic mass is 16.2. The molecule has 7 heteroatoms. The number of amides is 1. The summed E-state index contributed by atoms with van der Waals surface area (Å²) in [6.07, 6.45) is 1.78. The average Bonchev–Trinajstić information content (AvgIpc) is 2.97. The van der Waals surface area contributed by atoms with Gasteiger partial charge in [0.2, 0.25) is 0 Å². The van der Waals surface area contributed by atoms with E-state index in [2.05, 4.69) is 48.1 Å². The second-order valence-electron chi connectivity index (χ2n) is 7.66. The number of aromatic nitrogens is 4. The van der Waals surface area contributed by atoms with Crippen LogP contribution in [0.5, 0.6) is 0 Å². The molecule has 1 aliphatic rings. The SMILES string of the molecule is Cc1cc(C)nc(-n2cc(C(=O)N3C[C@@H](C)N[C@H](C)C3)c(C(C)C)n2)n1. The number of piperazine rings is 1. The molecule has 140 valence electrons. The van der Waals surface area contributed by atoms with Gasteiger partial charge in [-0.1, -0.05) is 13.8 Å². The molecule has 0 aromatic carbocycles. The van der Waals surface area contributed by atoms with Crippen molar-refractivity contribution in [1.82, 2.24) is 30.0 Å². The zero-order valence-electron chi connectivity index (χ0n) is 16.4. The van der Waals surface area contributed by atoms with Gasteiger partial charge in [-0.2, -0.15) is 5.10 Å². The van der Waals surface area contributed by atoms with Crippen LogP contribution in [0.3, 0.4) is 0 Å². The third kappa shape index (κ3) is 3.77. The van der Waals surface area contributed by atoms with Crippen molar-refractivity contribution in [2.45, 2.75) is 59.5 Å². The van der Waals surface area contributed by atoms with E-state index < -0.39 is 0 Å². The molecular formula is C19H28N6O. The Balaban J connectivity index is 1.98. The predicted octanol–water partition coefficient (Wildman–Crippen LogP) is 2.22. The van der Waals surface area contributed by atoms with E-state index in [1.165, 1.54) is 0 Å². The molecule has 0 spiro atoms. The minimum atomic E-state index is 0.0320. The lowest BCUT2D eigenvalue weighted by molar-refractivity contribution is 0.0672. The summed E-state index contributed by atoms with van der Waals surface area (Å²) < 4.78 is 1.64. The summed E-state index contributed by atoms with van der Waals surface area (Å²) in [6.45, 7) is 13.6. The number of carbonyl (C=O) groups excluding carboxylic acids is 1. The van der Waals surface area contributed by atoms with E-state index in [-0.39, 0.29) is 23.9 Å². The van der Waals surface area contributed by atoms with Gasteiger partial charge in [-0.15, -0.1) is 0 Å². The maximum atomic E-state index is 13.2. The third-order valence-electron chi connectivity index (χ3n) is 4.54. The lowest BCUT2D eigenvalue weighted by atomic mass is 10.0. The molecule has 0 bridgehead atoms. The van der Waals surface area contributed by atoms with Gasteiger partial charge in [-0.3, -0.25) is 4.79 Å². The largest absolute Gasteiger partial charge is 0.335 e. The van der Waals surface area contributed by atoms with Crippen molar-refractivity contribution in [3.05, 3.63) is 34.9 Å². The van der Waals surface area contributed by atoms with Gasteiger partial charge in [-0.25, -0.2) is 14.6 Å². The van der Waals surface area contributed by atoms with Crippen molar-refractivity contribution in [3.8, 4) is 5.95 Å². The Morgan fingerprint density at radius 1 is 1.15 bits per heavy atom. The highest BCUT2D eigenvalue weighted by Crippen LogP contribution is 2.22. The third-order valence-corrected chi connectivity index (χ3v) is 4.54. The van der Waals surface area contributed by atoms with Crippen LogP contribution < -0.4 is 5.32 Å². The van der Waals surface area contributed by atoms with Crippen molar-refractivity contribution in [3.63, 3.8) is 0 Å². The molecule has 3 heterocycles. The van der Waals surface area contributed by atoms with E-state index in [4.69, 9.17) is 0 Å². The standard InChI is InChI=1S/C19H28N6O/c1-11(2)17-16(18(26)24-8-14(5)20-15(6)9-24)10-25(23-17)19-21-12(3)7-13(4)22-19/h7,10-11,14-15,20H,8-9H2,1-6H3/t14-,15-/m1/s1. The normalized spacial score (nSPS) is 20.7. The summed E-state index contributed by atoms with van der Waals surface area (Å²) in [6, 6.07) is 2.48. The average molecular weight is 356 g/mol. The first-order valence-corrected chi connectivity index (χ1v) is 9.22. The van der Waals surface area contributed by atoms with Gasteiger partial charge in [0.25, 0.3) is 11.9 Å². The molecule has 2 aromatic rings. The zero-order chi connectivity index (χ0) is 19.0. The van der Waals surface area contributed by atoms with Crippen molar-refractivity contribution in [1.29, 1.82) is 0 Å². The van der Waals surface area contributed by atoms with E-state index >= 15 is 0 Å².